The third-order valence-corrected chi connectivity index (χ3v) is 5.98. The molecule has 2 N–H and O–H groups in total. The molecule has 1 aromatic rings. The number of nitrogens with zero attached hydrogens (tertiary/aromatic N) is 2. The molecule has 19 heavy (non-hydrogen) atoms. The zero-order valence-electron chi connectivity index (χ0n) is 12.6. The average molecular weight is 300 g/mol. The molecule has 3 nitrogen and oxygen atoms in total. The summed E-state index contributed by atoms with van der Waals surface area (Å²) in [5.41, 5.74) is 7.83. The molecule has 1 aliphatic rings. The maximum atomic E-state index is 6.32. The maximum absolute atomic E-state index is 6.32. The third kappa shape index (κ3) is 3.26. The Kier molecular flexibility index (Phi) is 4.48. The smallest absolute Gasteiger partial charge is 0.185 e. The predicted molar refractivity (Wildman–Crippen MR) is 87.4 cm³/mol. The van der Waals surface area contributed by atoms with Crippen LogP contribution in [0.25, 0.3) is 0 Å². The molecule has 0 bridgehead atoms. The van der Waals surface area contributed by atoms with E-state index < -0.39 is 0 Å². The summed E-state index contributed by atoms with van der Waals surface area (Å²) in [7, 11) is 2.14. The van der Waals surface area contributed by atoms with Crippen LogP contribution in [-0.4, -0.2) is 30.1 Å². The Hall–Kier alpha value is -0.260. The van der Waals surface area contributed by atoms with Crippen molar-refractivity contribution in [2.45, 2.75) is 45.7 Å². The highest BCUT2D eigenvalue weighted by molar-refractivity contribution is 7.98. The van der Waals surface area contributed by atoms with Crippen LogP contribution in [0.3, 0.4) is 0 Å². The van der Waals surface area contributed by atoms with E-state index in [0.717, 1.165) is 23.7 Å². The van der Waals surface area contributed by atoms with Crippen molar-refractivity contribution in [3.05, 3.63) is 10.6 Å². The van der Waals surface area contributed by atoms with Crippen molar-refractivity contribution < 1.29 is 0 Å². The molecule has 2 unspecified atom stereocenters. The van der Waals surface area contributed by atoms with Gasteiger partial charge in [-0.3, -0.25) is 0 Å². The van der Waals surface area contributed by atoms with Gasteiger partial charge in [0.05, 0.1) is 5.69 Å². The van der Waals surface area contributed by atoms with Gasteiger partial charge in [-0.15, -0.1) is 0 Å². The first-order chi connectivity index (χ1) is 8.84. The number of nitrogens with two attached hydrogens (primary N) is 1. The van der Waals surface area contributed by atoms with E-state index >= 15 is 0 Å². The monoisotopic (exact) mass is 299 g/mol. The summed E-state index contributed by atoms with van der Waals surface area (Å²) in [5.74, 6) is 1.12. The van der Waals surface area contributed by atoms with Gasteiger partial charge in [-0.2, -0.15) is 11.8 Å². The van der Waals surface area contributed by atoms with Gasteiger partial charge < -0.3 is 10.6 Å². The molecule has 0 fully saturated rings. The normalized spacial score (nSPS) is 22.9. The van der Waals surface area contributed by atoms with Crippen molar-refractivity contribution in [2.24, 2.45) is 11.1 Å². The number of thiazole rings is 1. The van der Waals surface area contributed by atoms with Gasteiger partial charge in [-0.25, -0.2) is 4.98 Å². The van der Waals surface area contributed by atoms with Crippen LogP contribution in [0.2, 0.25) is 0 Å². The highest BCUT2D eigenvalue weighted by Gasteiger charge is 2.33. The van der Waals surface area contributed by atoms with Crippen LogP contribution in [0.1, 0.15) is 43.8 Å². The topological polar surface area (TPSA) is 42.2 Å². The Morgan fingerprint density at radius 3 is 2.89 bits per heavy atom. The Labute approximate surface area is 125 Å². The minimum Gasteiger partial charge on any atom is -0.348 e. The lowest BCUT2D eigenvalue weighted by Gasteiger charge is -2.32. The van der Waals surface area contributed by atoms with Gasteiger partial charge in [0.25, 0.3) is 0 Å². The van der Waals surface area contributed by atoms with Crippen molar-refractivity contribution in [3.63, 3.8) is 0 Å². The van der Waals surface area contributed by atoms with Gasteiger partial charge in [0, 0.05) is 29.8 Å². The van der Waals surface area contributed by atoms with Crippen molar-refractivity contribution in [3.8, 4) is 0 Å². The van der Waals surface area contributed by atoms with E-state index in [-0.39, 0.29) is 11.5 Å². The molecule has 2 rings (SSSR count). The molecule has 0 amide bonds. The van der Waals surface area contributed by atoms with Gasteiger partial charge >= 0.3 is 0 Å². The van der Waals surface area contributed by atoms with Crippen LogP contribution < -0.4 is 10.6 Å². The highest BCUT2D eigenvalue weighted by Crippen LogP contribution is 2.43. The Morgan fingerprint density at radius 1 is 1.58 bits per heavy atom. The fraction of sp³-hybridized carbons (Fsp3) is 0.786. The summed E-state index contributed by atoms with van der Waals surface area (Å²) in [6.45, 7) is 6.82. The molecule has 0 saturated carbocycles. The molecule has 1 heterocycles. The standard InChI is InChI=1S/C14H25N3S2/c1-9(8-18-5)17(4)13-16-11-7-14(2,3)6-10(15)12(11)19-13/h9-10H,6-8,15H2,1-5H3. The molecular weight excluding hydrogens is 274 g/mol. The second-order valence-corrected chi connectivity index (χ2v) is 8.29. The van der Waals surface area contributed by atoms with E-state index in [0.29, 0.717) is 6.04 Å². The van der Waals surface area contributed by atoms with E-state index in [1.807, 2.05) is 11.8 Å². The van der Waals surface area contributed by atoms with Crippen molar-refractivity contribution in [1.82, 2.24) is 4.98 Å². The predicted octanol–water partition coefficient (Wildman–Crippen LogP) is 3.30. The molecule has 5 heteroatoms. The van der Waals surface area contributed by atoms with E-state index in [4.69, 9.17) is 10.7 Å². The van der Waals surface area contributed by atoms with Crippen LogP contribution >= 0.6 is 23.1 Å². The first kappa shape index (κ1) is 15.1. The fourth-order valence-corrected chi connectivity index (χ4v) is 4.53. The number of fused-ring (bicyclic) bond motifs is 1. The zero-order valence-corrected chi connectivity index (χ0v) is 14.2. The number of thioether (sulfide) groups is 1. The number of hydrogen-bond donors (Lipinski definition) is 1. The molecule has 0 aliphatic heterocycles. The van der Waals surface area contributed by atoms with Crippen LogP contribution in [0.5, 0.6) is 0 Å². The molecular formula is C14H25N3S2. The maximum Gasteiger partial charge on any atom is 0.185 e. The number of aromatic nitrogens is 1. The van der Waals surface area contributed by atoms with Crippen LogP contribution in [0, 0.1) is 5.41 Å². The largest absolute Gasteiger partial charge is 0.348 e. The Balaban J connectivity index is 2.23. The molecule has 0 radical (unpaired) electrons. The summed E-state index contributed by atoms with van der Waals surface area (Å²) >= 11 is 3.67. The SMILES string of the molecule is CSCC(C)N(C)c1nc2c(s1)C(N)CC(C)(C)C2. The summed E-state index contributed by atoms with van der Waals surface area (Å²) in [4.78, 5) is 8.45. The second kappa shape index (κ2) is 5.62. The lowest BCUT2D eigenvalue weighted by Crippen LogP contribution is -2.30. The second-order valence-electron chi connectivity index (χ2n) is 6.37. The van der Waals surface area contributed by atoms with E-state index in [2.05, 4.69) is 39.0 Å². The van der Waals surface area contributed by atoms with Gasteiger partial charge in [0.15, 0.2) is 5.13 Å². The zero-order chi connectivity index (χ0) is 14.2. The van der Waals surface area contributed by atoms with Crippen LogP contribution in [-0.2, 0) is 6.42 Å². The van der Waals surface area contributed by atoms with Gasteiger partial charge in [0.1, 0.15) is 0 Å². The molecule has 0 spiro atoms. The van der Waals surface area contributed by atoms with Crippen molar-refractivity contribution in [2.75, 3.05) is 24.0 Å². The fourth-order valence-electron chi connectivity index (χ4n) is 2.67. The van der Waals surface area contributed by atoms with Gasteiger partial charge in [-0.1, -0.05) is 25.2 Å². The Morgan fingerprint density at radius 2 is 2.26 bits per heavy atom. The minimum atomic E-state index is 0.161. The van der Waals surface area contributed by atoms with Gasteiger partial charge in [-0.05, 0) is 31.4 Å². The molecule has 108 valence electrons. The Bertz CT molecular complexity index is 442. The van der Waals surface area contributed by atoms with Crippen LogP contribution in [0.15, 0.2) is 0 Å². The van der Waals surface area contributed by atoms with E-state index in [1.165, 1.54) is 10.6 Å². The average Bonchev–Trinajstić information content (AvgIpc) is 2.70. The van der Waals surface area contributed by atoms with Crippen molar-refractivity contribution in [1.29, 1.82) is 0 Å². The summed E-state index contributed by atoms with van der Waals surface area (Å²) in [6, 6.07) is 0.668. The van der Waals surface area contributed by atoms with E-state index in [9.17, 15) is 0 Å². The molecule has 1 aliphatic carbocycles. The molecule has 2 atom stereocenters. The quantitative estimate of drug-likeness (QED) is 0.926. The first-order valence-electron chi connectivity index (χ1n) is 6.81. The molecule has 0 aromatic carbocycles. The van der Waals surface area contributed by atoms with Gasteiger partial charge in [0.2, 0.25) is 0 Å². The lowest BCUT2D eigenvalue weighted by molar-refractivity contribution is 0.282. The number of rotatable bonds is 4. The first-order valence-corrected chi connectivity index (χ1v) is 9.02. The minimum absolute atomic E-state index is 0.161. The summed E-state index contributed by atoms with van der Waals surface area (Å²) in [5, 5.41) is 1.12. The summed E-state index contributed by atoms with van der Waals surface area (Å²) < 4.78 is 0. The number of anilines is 1. The molecule has 0 saturated heterocycles. The lowest BCUT2D eigenvalue weighted by atomic mass is 9.77. The third-order valence-electron chi connectivity index (χ3n) is 3.84. The highest BCUT2D eigenvalue weighted by atomic mass is 32.2. The van der Waals surface area contributed by atoms with Crippen LogP contribution in [0.4, 0.5) is 5.13 Å². The summed E-state index contributed by atoms with van der Waals surface area (Å²) in [6.07, 6.45) is 4.26. The molecule has 1 aromatic heterocycles. The number of hydrogen-bond acceptors (Lipinski definition) is 5. The van der Waals surface area contributed by atoms with Crippen molar-refractivity contribution >= 4 is 28.2 Å². The van der Waals surface area contributed by atoms with E-state index in [1.54, 1.807) is 11.3 Å².